The molecule has 14 heavy (non-hydrogen) atoms. The van der Waals surface area contributed by atoms with Crippen LogP contribution in [0.2, 0.25) is 0 Å². The van der Waals surface area contributed by atoms with Crippen LogP contribution in [0.15, 0.2) is 12.2 Å². The molecular weight excluding hydrogens is 182 g/mol. The number of allylic oxidation sites excluding steroid dienone is 2. The van der Waals surface area contributed by atoms with Gasteiger partial charge in [-0.3, -0.25) is 4.79 Å². The third-order valence-electron chi connectivity index (χ3n) is 3.42. The summed E-state index contributed by atoms with van der Waals surface area (Å²) in [7, 11) is 0. The van der Waals surface area contributed by atoms with Gasteiger partial charge in [-0.05, 0) is 30.6 Å². The molecule has 2 aliphatic carbocycles. The molecule has 5 atom stereocenters. The van der Waals surface area contributed by atoms with E-state index in [9.17, 15) is 9.90 Å². The highest BCUT2D eigenvalue weighted by Crippen LogP contribution is 2.45. The number of hydrogen-bond donors (Lipinski definition) is 3. The number of rotatable bonds is 3. The van der Waals surface area contributed by atoms with Gasteiger partial charge in [0.25, 0.3) is 0 Å². The number of aliphatic hydroxyl groups excluding tert-OH is 1. The van der Waals surface area contributed by atoms with Gasteiger partial charge in [0, 0.05) is 0 Å². The molecule has 4 heteroatoms. The maximum atomic E-state index is 10.6. The molecule has 2 bridgehead atoms. The standard InChI is InChI=1S/C10H15NO3/c11-8(10(13)14)9(12)7-4-5-1-2-6(7)3-5/h1-2,5-9,12H,3-4,11H2,(H,13,14). The Morgan fingerprint density at radius 3 is 2.57 bits per heavy atom. The molecule has 1 saturated carbocycles. The Kier molecular flexibility index (Phi) is 2.33. The maximum Gasteiger partial charge on any atom is 0.323 e. The topological polar surface area (TPSA) is 83.6 Å². The average molecular weight is 197 g/mol. The molecule has 0 aromatic rings. The zero-order valence-electron chi connectivity index (χ0n) is 7.84. The fraction of sp³-hybridized carbons (Fsp3) is 0.700. The van der Waals surface area contributed by atoms with Crippen molar-refractivity contribution >= 4 is 5.97 Å². The third-order valence-corrected chi connectivity index (χ3v) is 3.42. The number of carbonyl (C=O) groups is 1. The van der Waals surface area contributed by atoms with E-state index in [-0.39, 0.29) is 5.92 Å². The number of carboxylic acid groups (broad SMARTS) is 1. The molecule has 0 aliphatic heterocycles. The van der Waals surface area contributed by atoms with Crippen molar-refractivity contribution in [3.8, 4) is 0 Å². The van der Waals surface area contributed by atoms with Gasteiger partial charge in [0.1, 0.15) is 6.04 Å². The minimum Gasteiger partial charge on any atom is -0.480 e. The van der Waals surface area contributed by atoms with E-state index in [1.807, 2.05) is 0 Å². The lowest BCUT2D eigenvalue weighted by Gasteiger charge is -2.26. The molecular formula is C10H15NO3. The van der Waals surface area contributed by atoms with Gasteiger partial charge < -0.3 is 15.9 Å². The summed E-state index contributed by atoms with van der Waals surface area (Å²) in [5, 5.41) is 18.5. The lowest BCUT2D eigenvalue weighted by molar-refractivity contribution is -0.142. The Bertz CT molecular complexity index is 277. The van der Waals surface area contributed by atoms with Gasteiger partial charge >= 0.3 is 5.97 Å². The van der Waals surface area contributed by atoms with Crippen molar-refractivity contribution in [3.63, 3.8) is 0 Å². The zero-order chi connectivity index (χ0) is 10.3. The molecule has 2 rings (SSSR count). The highest BCUT2D eigenvalue weighted by Gasteiger charge is 2.42. The van der Waals surface area contributed by atoms with Gasteiger partial charge in [-0.15, -0.1) is 0 Å². The van der Waals surface area contributed by atoms with Gasteiger partial charge in [-0.2, -0.15) is 0 Å². The number of hydrogen-bond acceptors (Lipinski definition) is 3. The monoisotopic (exact) mass is 197 g/mol. The van der Waals surface area contributed by atoms with E-state index in [0.29, 0.717) is 11.8 Å². The first kappa shape index (κ1) is 9.68. The molecule has 0 aromatic heterocycles. The van der Waals surface area contributed by atoms with Gasteiger partial charge in [0.15, 0.2) is 0 Å². The summed E-state index contributed by atoms with van der Waals surface area (Å²) < 4.78 is 0. The highest BCUT2D eigenvalue weighted by molar-refractivity contribution is 5.74. The second-order valence-corrected chi connectivity index (χ2v) is 4.30. The molecule has 0 aromatic carbocycles. The molecule has 78 valence electrons. The molecule has 1 fully saturated rings. The van der Waals surface area contributed by atoms with Gasteiger partial charge in [0.05, 0.1) is 6.10 Å². The van der Waals surface area contributed by atoms with E-state index in [0.717, 1.165) is 12.8 Å². The van der Waals surface area contributed by atoms with Crippen LogP contribution < -0.4 is 5.73 Å². The quantitative estimate of drug-likeness (QED) is 0.555. The number of aliphatic hydroxyl groups is 1. The van der Waals surface area contributed by atoms with Crippen LogP contribution in [0.5, 0.6) is 0 Å². The molecule has 4 nitrogen and oxygen atoms in total. The van der Waals surface area contributed by atoms with Gasteiger partial charge in [-0.25, -0.2) is 0 Å². The van der Waals surface area contributed by atoms with Crippen molar-refractivity contribution in [1.82, 2.24) is 0 Å². The third kappa shape index (κ3) is 1.44. The minimum atomic E-state index is -1.15. The Hall–Kier alpha value is -0.870. The average Bonchev–Trinajstić information content (AvgIpc) is 2.76. The Balaban J connectivity index is 2.02. The van der Waals surface area contributed by atoms with E-state index in [1.165, 1.54) is 0 Å². The molecule has 0 saturated heterocycles. The molecule has 0 spiro atoms. The summed E-state index contributed by atoms with van der Waals surface area (Å²) in [6.07, 6.45) is 5.25. The number of carboxylic acids is 1. The highest BCUT2D eigenvalue weighted by atomic mass is 16.4. The van der Waals surface area contributed by atoms with Crippen molar-refractivity contribution in [2.75, 3.05) is 0 Å². The van der Waals surface area contributed by atoms with Crippen LogP contribution in [-0.4, -0.2) is 28.3 Å². The van der Waals surface area contributed by atoms with Crippen molar-refractivity contribution in [2.45, 2.75) is 25.0 Å². The first-order valence-corrected chi connectivity index (χ1v) is 4.94. The maximum absolute atomic E-state index is 10.6. The summed E-state index contributed by atoms with van der Waals surface area (Å²) in [6.45, 7) is 0. The van der Waals surface area contributed by atoms with Crippen molar-refractivity contribution in [3.05, 3.63) is 12.2 Å². The largest absolute Gasteiger partial charge is 0.480 e. The SMILES string of the molecule is NC(C(=O)O)C(O)C1CC2C=CC1C2. The van der Waals surface area contributed by atoms with Crippen LogP contribution in [0.25, 0.3) is 0 Å². The molecule has 0 heterocycles. The van der Waals surface area contributed by atoms with E-state index in [1.54, 1.807) is 0 Å². The van der Waals surface area contributed by atoms with Crippen LogP contribution in [0.3, 0.4) is 0 Å². The molecule has 4 N–H and O–H groups in total. The normalized spacial score (nSPS) is 38.6. The fourth-order valence-corrected chi connectivity index (χ4v) is 2.63. The summed E-state index contributed by atoms with van der Waals surface area (Å²) in [6, 6.07) is -1.15. The lowest BCUT2D eigenvalue weighted by atomic mass is 9.85. The minimum absolute atomic E-state index is 0.0381. The van der Waals surface area contributed by atoms with E-state index in [4.69, 9.17) is 10.8 Å². The van der Waals surface area contributed by atoms with E-state index < -0.39 is 18.1 Å². The zero-order valence-corrected chi connectivity index (χ0v) is 7.84. The van der Waals surface area contributed by atoms with Crippen LogP contribution in [-0.2, 0) is 4.79 Å². The summed E-state index contributed by atoms with van der Waals surface area (Å²) in [4.78, 5) is 10.6. The predicted octanol–water partition coefficient (Wildman–Crippen LogP) is -0.0286. The summed E-state index contributed by atoms with van der Waals surface area (Å²) in [5.74, 6) is -0.221. The van der Waals surface area contributed by atoms with Crippen LogP contribution in [0, 0.1) is 17.8 Å². The first-order valence-electron chi connectivity index (χ1n) is 4.94. The smallest absolute Gasteiger partial charge is 0.323 e. The lowest BCUT2D eigenvalue weighted by Crippen LogP contribution is -2.46. The predicted molar refractivity (Wildman–Crippen MR) is 50.5 cm³/mol. The molecule has 0 radical (unpaired) electrons. The molecule has 0 amide bonds. The number of fused-ring (bicyclic) bond motifs is 2. The number of nitrogens with two attached hydrogens (primary N) is 1. The van der Waals surface area contributed by atoms with Crippen molar-refractivity contribution < 1.29 is 15.0 Å². The second kappa shape index (κ2) is 3.37. The summed E-state index contributed by atoms with van der Waals surface area (Å²) >= 11 is 0. The van der Waals surface area contributed by atoms with Gasteiger partial charge in [0.2, 0.25) is 0 Å². The molecule has 5 unspecified atom stereocenters. The van der Waals surface area contributed by atoms with Crippen LogP contribution in [0.1, 0.15) is 12.8 Å². The second-order valence-electron chi connectivity index (χ2n) is 4.30. The van der Waals surface area contributed by atoms with Gasteiger partial charge in [-0.1, -0.05) is 12.2 Å². The Morgan fingerprint density at radius 1 is 1.43 bits per heavy atom. The first-order chi connectivity index (χ1) is 6.59. The van der Waals surface area contributed by atoms with E-state index >= 15 is 0 Å². The van der Waals surface area contributed by atoms with E-state index in [2.05, 4.69) is 12.2 Å². The van der Waals surface area contributed by atoms with Crippen LogP contribution in [0.4, 0.5) is 0 Å². The summed E-state index contributed by atoms with van der Waals surface area (Å²) in [5.41, 5.74) is 5.40. The van der Waals surface area contributed by atoms with Crippen molar-refractivity contribution in [1.29, 1.82) is 0 Å². The van der Waals surface area contributed by atoms with Crippen molar-refractivity contribution in [2.24, 2.45) is 23.5 Å². The Morgan fingerprint density at radius 2 is 2.14 bits per heavy atom. The Labute approximate surface area is 82.4 Å². The number of aliphatic carboxylic acids is 1. The van der Waals surface area contributed by atoms with Crippen LogP contribution >= 0.6 is 0 Å². The molecule has 2 aliphatic rings. The fourth-order valence-electron chi connectivity index (χ4n) is 2.63.